The number of aliphatic hydroxyl groups is 1. The molecule has 2 aromatic rings. The van der Waals surface area contributed by atoms with E-state index in [1.165, 1.54) is 6.07 Å². The average Bonchev–Trinajstić information content (AvgIpc) is 2.65. The Kier molecular flexibility index (Phi) is 6.76. The number of halogens is 4. The van der Waals surface area contributed by atoms with Crippen molar-refractivity contribution in [2.45, 2.75) is 37.8 Å². The van der Waals surface area contributed by atoms with E-state index in [2.05, 4.69) is 15.6 Å². The Hall–Kier alpha value is -2.58. The molecule has 1 amide bonds. The van der Waals surface area contributed by atoms with Crippen molar-refractivity contribution < 1.29 is 23.1 Å². The minimum absolute atomic E-state index is 0.0626. The number of guanidine groups is 1. The first-order valence-electron chi connectivity index (χ1n) is 9.07. The monoisotopic (exact) mass is 425 g/mol. The Bertz CT molecular complexity index is 919. The molecule has 29 heavy (non-hydrogen) atoms. The van der Waals surface area contributed by atoms with E-state index in [0.717, 1.165) is 43.2 Å². The molecule has 2 atom stereocenters. The molecule has 0 aliphatic heterocycles. The minimum Gasteiger partial charge on any atom is -0.391 e. The molecular formula is C20H19ClF3N3O2. The SMILES string of the molecule is O=C(/N=C(/Nc1cc(F)cc(Cl)c1)N[C@H]1CCCC[C@@H]1O)c1ccc(F)c(F)c1. The van der Waals surface area contributed by atoms with Gasteiger partial charge in [0, 0.05) is 16.3 Å². The van der Waals surface area contributed by atoms with Gasteiger partial charge >= 0.3 is 0 Å². The summed E-state index contributed by atoms with van der Waals surface area (Å²) in [7, 11) is 0. The third kappa shape index (κ3) is 5.71. The highest BCUT2D eigenvalue weighted by atomic mass is 35.5. The zero-order chi connectivity index (χ0) is 21.0. The Morgan fingerprint density at radius 2 is 1.83 bits per heavy atom. The molecule has 1 saturated carbocycles. The van der Waals surface area contributed by atoms with Crippen LogP contribution in [0.4, 0.5) is 18.9 Å². The molecule has 0 spiro atoms. The predicted molar refractivity (Wildman–Crippen MR) is 105 cm³/mol. The van der Waals surface area contributed by atoms with Gasteiger partial charge in [-0.1, -0.05) is 24.4 Å². The van der Waals surface area contributed by atoms with Gasteiger partial charge in [0.1, 0.15) is 5.82 Å². The second kappa shape index (κ2) is 9.28. The summed E-state index contributed by atoms with van der Waals surface area (Å²) < 4.78 is 40.2. The van der Waals surface area contributed by atoms with E-state index in [0.29, 0.717) is 12.8 Å². The lowest BCUT2D eigenvalue weighted by Crippen LogP contribution is -2.47. The molecule has 0 radical (unpaired) electrons. The Morgan fingerprint density at radius 3 is 2.52 bits per heavy atom. The van der Waals surface area contributed by atoms with Crippen LogP contribution < -0.4 is 10.6 Å². The van der Waals surface area contributed by atoms with E-state index >= 15 is 0 Å². The number of aliphatic imine (C=N–C) groups is 1. The van der Waals surface area contributed by atoms with Crippen molar-refractivity contribution in [3.63, 3.8) is 0 Å². The van der Waals surface area contributed by atoms with Crippen LogP contribution in [-0.4, -0.2) is 29.1 Å². The third-order valence-corrected chi connectivity index (χ3v) is 4.78. The van der Waals surface area contributed by atoms with Gasteiger partial charge in [-0.05, 0) is 49.2 Å². The van der Waals surface area contributed by atoms with Crippen molar-refractivity contribution in [1.29, 1.82) is 0 Å². The first kappa shape index (κ1) is 21.1. The van der Waals surface area contributed by atoms with Crippen molar-refractivity contribution in [1.82, 2.24) is 5.32 Å². The number of amides is 1. The second-order valence-electron chi connectivity index (χ2n) is 6.78. The number of benzene rings is 2. The summed E-state index contributed by atoms with van der Waals surface area (Å²) in [6, 6.07) is 6.01. The molecule has 1 aliphatic carbocycles. The Morgan fingerprint density at radius 1 is 1.07 bits per heavy atom. The highest BCUT2D eigenvalue weighted by Gasteiger charge is 2.24. The highest BCUT2D eigenvalue weighted by molar-refractivity contribution is 6.31. The smallest absolute Gasteiger partial charge is 0.280 e. The fourth-order valence-corrected chi connectivity index (χ4v) is 3.33. The number of carbonyl (C=O) groups excluding carboxylic acids is 1. The van der Waals surface area contributed by atoms with Crippen LogP contribution in [0.3, 0.4) is 0 Å². The molecule has 0 unspecified atom stereocenters. The lowest BCUT2D eigenvalue weighted by molar-refractivity contribution is 0.0975. The number of nitrogens with one attached hydrogen (secondary N) is 2. The zero-order valence-electron chi connectivity index (χ0n) is 15.3. The molecular weight excluding hydrogens is 407 g/mol. The van der Waals surface area contributed by atoms with Gasteiger partial charge in [-0.3, -0.25) is 4.79 Å². The highest BCUT2D eigenvalue weighted by Crippen LogP contribution is 2.20. The van der Waals surface area contributed by atoms with Gasteiger partial charge in [0.25, 0.3) is 5.91 Å². The summed E-state index contributed by atoms with van der Waals surface area (Å²) >= 11 is 5.86. The van der Waals surface area contributed by atoms with Gasteiger partial charge in [-0.2, -0.15) is 4.99 Å². The van der Waals surface area contributed by atoms with Crippen molar-refractivity contribution in [2.24, 2.45) is 4.99 Å². The van der Waals surface area contributed by atoms with Crippen LogP contribution in [0.1, 0.15) is 36.0 Å². The maximum Gasteiger partial charge on any atom is 0.280 e. The van der Waals surface area contributed by atoms with E-state index in [1.54, 1.807) is 0 Å². The Balaban J connectivity index is 1.88. The number of rotatable bonds is 3. The van der Waals surface area contributed by atoms with Gasteiger partial charge < -0.3 is 15.7 Å². The van der Waals surface area contributed by atoms with Crippen molar-refractivity contribution in [3.05, 3.63) is 64.4 Å². The number of aliphatic hydroxyl groups excluding tert-OH is 1. The van der Waals surface area contributed by atoms with Crippen molar-refractivity contribution in [2.75, 3.05) is 5.32 Å². The number of hydrogen-bond donors (Lipinski definition) is 3. The van der Waals surface area contributed by atoms with Gasteiger partial charge in [-0.25, -0.2) is 13.2 Å². The van der Waals surface area contributed by atoms with Crippen LogP contribution in [-0.2, 0) is 0 Å². The molecule has 0 bridgehead atoms. The van der Waals surface area contributed by atoms with Crippen LogP contribution in [0.5, 0.6) is 0 Å². The van der Waals surface area contributed by atoms with Crippen molar-refractivity contribution in [3.8, 4) is 0 Å². The zero-order valence-corrected chi connectivity index (χ0v) is 16.0. The standard InChI is InChI=1S/C20H19ClF3N3O2/c21-12-8-13(22)10-14(9-12)25-20(26-17-3-1-2-4-18(17)28)27-19(29)11-5-6-15(23)16(24)7-11/h5-10,17-18,28H,1-4H2,(H2,25,26,27,29)/t17-,18-/m0/s1. The molecule has 5 nitrogen and oxygen atoms in total. The quantitative estimate of drug-likeness (QED) is 0.507. The number of anilines is 1. The van der Waals surface area contributed by atoms with E-state index in [1.807, 2.05) is 0 Å². The lowest BCUT2D eigenvalue weighted by atomic mass is 9.93. The average molecular weight is 426 g/mol. The molecule has 0 aromatic heterocycles. The maximum absolute atomic E-state index is 13.6. The number of carbonyl (C=O) groups is 1. The van der Waals surface area contributed by atoms with Gasteiger partial charge in [0.15, 0.2) is 11.6 Å². The number of hydrogen-bond acceptors (Lipinski definition) is 2. The summed E-state index contributed by atoms with van der Waals surface area (Å²) in [5, 5.41) is 16.0. The molecule has 0 saturated heterocycles. The third-order valence-electron chi connectivity index (χ3n) is 4.56. The fraction of sp³-hybridized carbons (Fsp3) is 0.300. The maximum atomic E-state index is 13.6. The van der Waals surface area contributed by atoms with E-state index in [4.69, 9.17) is 11.6 Å². The molecule has 3 N–H and O–H groups in total. The fourth-order valence-electron chi connectivity index (χ4n) is 3.11. The van der Waals surface area contributed by atoms with Gasteiger partial charge in [-0.15, -0.1) is 0 Å². The minimum atomic E-state index is -1.17. The molecule has 154 valence electrons. The van der Waals surface area contributed by atoms with E-state index in [9.17, 15) is 23.1 Å². The summed E-state index contributed by atoms with van der Waals surface area (Å²) in [4.78, 5) is 16.3. The molecule has 1 fully saturated rings. The molecule has 2 aromatic carbocycles. The molecule has 9 heteroatoms. The summed E-state index contributed by atoms with van der Waals surface area (Å²) in [5.74, 6) is -3.75. The topological polar surface area (TPSA) is 73.7 Å². The second-order valence-corrected chi connectivity index (χ2v) is 7.22. The largest absolute Gasteiger partial charge is 0.391 e. The lowest BCUT2D eigenvalue weighted by Gasteiger charge is -2.29. The van der Waals surface area contributed by atoms with Gasteiger partial charge in [0.2, 0.25) is 5.96 Å². The van der Waals surface area contributed by atoms with Crippen LogP contribution in [0.25, 0.3) is 0 Å². The molecule has 1 aliphatic rings. The molecule has 0 heterocycles. The summed E-state index contributed by atoms with van der Waals surface area (Å²) in [5.41, 5.74) is 0.0658. The van der Waals surface area contributed by atoms with Crippen LogP contribution >= 0.6 is 11.6 Å². The van der Waals surface area contributed by atoms with Crippen LogP contribution in [0.2, 0.25) is 5.02 Å². The van der Waals surface area contributed by atoms with Crippen LogP contribution in [0.15, 0.2) is 41.4 Å². The first-order valence-corrected chi connectivity index (χ1v) is 9.45. The first-order chi connectivity index (χ1) is 13.8. The van der Waals surface area contributed by atoms with Gasteiger partial charge in [0.05, 0.1) is 12.1 Å². The van der Waals surface area contributed by atoms with E-state index in [-0.39, 0.29) is 28.3 Å². The van der Waals surface area contributed by atoms with Crippen molar-refractivity contribution >= 4 is 29.2 Å². The normalized spacial score (nSPS) is 19.7. The van der Waals surface area contributed by atoms with E-state index < -0.39 is 29.5 Å². The van der Waals surface area contributed by atoms with Crippen LogP contribution in [0, 0.1) is 17.5 Å². The number of nitrogens with zero attached hydrogens (tertiary/aromatic N) is 1. The Labute approximate surface area is 170 Å². The predicted octanol–water partition coefficient (Wildman–Crippen LogP) is 4.26. The summed E-state index contributed by atoms with van der Waals surface area (Å²) in [6.07, 6.45) is 2.35. The molecule has 3 rings (SSSR count). The summed E-state index contributed by atoms with van der Waals surface area (Å²) in [6.45, 7) is 0.